The molecule has 30 heavy (non-hydrogen) atoms. The molecule has 6 heteroatoms. The minimum Gasteiger partial charge on any atom is -0.352 e. The van der Waals surface area contributed by atoms with E-state index in [2.05, 4.69) is 36.4 Å². The number of carbonyl (C=O) groups is 1. The van der Waals surface area contributed by atoms with Gasteiger partial charge in [0.15, 0.2) is 0 Å². The fourth-order valence-electron chi connectivity index (χ4n) is 4.60. The fraction of sp³-hybridized carbons (Fsp3) is 0.458. The molecule has 0 heterocycles. The Labute approximate surface area is 182 Å². The van der Waals surface area contributed by atoms with Gasteiger partial charge in [-0.2, -0.15) is 0 Å². The van der Waals surface area contributed by atoms with Crippen LogP contribution in [0.3, 0.4) is 0 Å². The van der Waals surface area contributed by atoms with Crippen molar-refractivity contribution in [2.24, 2.45) is 11.8 Å². The molecule has 1 saturated carbocycles. The molecule has 1 fully saturated rings. The van der Waals surface area contributed by atoms with E-state index in [9.17, 15) is 13.6 Å². The van der Waals surface area contributed by atoms with Crippen molar-refractivity contribution < 1.29 is 13.6 Å². The Morgan fingerprint density at radius 1 is 1.10 bits per heavy atom. The van der Waals surface area contributed by atoms with Gasteiger partial charge in [-0.25, -0.2) is 8.78 Å². The monoisotopic (exact) mass is 434 g/mol. The molecular formula is C24H29ClF2N2O. The molecule has 0 aromatic heterocycles. The normalized spacial score (nSPS) is 20.2. The van der Waals surface area contributed by atoms with Gasteiger partial charge in [0.25, 0.3) is 5.91 Å². The Hall–Kier alpha value is -1.98. The third kappa shape index (κ3) is 5.79. The summed E-state index contributed by atoms with van der Waals surface area (Å²) < 4.78 is 26.7. The lowest BCUT2D eigenvalue weighted by Gasteiger charge is -2.37. The summed E-state index contributed by atoms with van der Waals surface area (Å²) in [6.45, 7) is 0.499. The van der Waals surface area contributed by atoms with Gasteiger partial charge in [0.1, 0.15) is 11.6 Å². The zero-order valence-electron chi connectivity index (χ0n) is 17.5. The van der Waals surface area contributed by atoms with Crippen LogP contribution < -0.4 is 5.32 Å². The SMILES string of the molecule is CN(C)C(c1ccc(Cl)cc1)C1CCC(CCNC(=O)c2ccc(F)cc2F)CC1. The van der Waals surface area contributed by atoms with E-state index in [1.54, 1.807) is 0 Å². The minimum absolute atomic E-state index is 0.114. The predicted molar refractivity (Wildman–Crippen MR) is 117 cm³/mol. The fourth-order valence-corrected chi connectivity index (χ4v) is 4.73. The second-order valence-electron chi connectivity index (χ2n) is 8.41. The van der Waals surface area contributed by atoms with Crippen molar-refractivity contribution in [3.63, 3.8) is 0 Å². The Balaban J connectivity index is 1.48. The van der Waals surface area contributed by atoms with E-state index in [-0.39, 0.29) is 5.56 Å². The van der Waals surface area contributed by atoms with E-state index >= 15 is 0 Å². The van der Waals surface area contributed by atoms with Crippen LogP contribution in [0.25, 0.3) is 0 Å². The van der Waals surface area contributed by atoms with Crippen LogP contribution in [0.2, 0.25) is 5.02 Å². The third-order valence-electron chi connectivity index (χ3n) is 6.12. The maximum Gasteiger partial charge on any atom is 0.254 e. The topological polar surface area (TPSA) is 32.3 Å². The zero-order chi connectivity index (χ0) is 21.7. The first-order chi connectivity index (χ1) is 14.3. The van der Waals surface area contributed by atoms with Crippen molar-refractivity contribution in [2.75, 3.05) is 20.6 Å². The van der Waals surface area contributed by atoms with Gasteiger partial charge in [-0.3, -0.25) is 4.79 Å². The highest BCUT2D eigenvalue weighted by Crippen LogP contribution is 2.40. The van der Waals surface area contributed by atoms with Gasteiger partial charge in [0, 0.05) is 23.7 Å². The molecule has 162 valence electrons. The summed E-state index contributed by atoms with van der Waals surface area (Å²) >= 11 is 6.05. The number of halogens is 3. The van der Waals surface area contributed by atoms with Gasteiger partial charge in [-0.15, -0.1) is 0 Å². The molecular weight excluding hydrogens is 406 g/mol. The first-order valence-corrected chi connectivity index (χ1v) is 10.9. The van der Waals surface area contributed by atoms with E-state index < -0.39 is 17.5 Å². The summed E-state index contributed by atoms with van der Waals surface area (Å²) in [6.07, 6.45) is 5.37. The number of nitrogens with zero attached hydrogens (tertiary/aromatic N) is 1. The Morgan fingerprint density at radius 3 is 2.37 bits per heavy atom. The number of nitrogens with one attached hydrogen (secondary N) is 1. The standard InChI is InChI=1S/C24H29ClF2N2O/c1-29(2)23(18-7-9-19(25)10-8-18)17-5-3-16(4-6-17)13-14-28-24(30)21-12-11-20(26)15-22(21)27/h7-12,15-17,23H,3-6,13-14H2,1-2H3,(H,28,30). The van der Waals surface area contributed by atoms with Gasteiger partial charge < -0.3 is 10.2 Å². The smallest absolute Gasteiger partial charge is 0.254 e. The minimum atomic E-state index is -0.829. The van der Waals surface area contributed by atoms with Gasteiger partial charge >= 0.3 is 0 Å². The number of hydrogen-bond donors (Lipinski definition) is 1. The predicted octanol–water partition coefficient (Wildman–Crippen LogP) is 5.85. The molecule has 1 amide bonds. The van der Waals surface area contributed by atoms with Gasteiger partial charge in [0.2, 0.25) is 0 Å². The van der Waals surface area contributed by atoms with Crippen LogP contribution >= 0.6 is 11.6 Å². The average Bonchev–Trinajstić information content (AvgIpc) is 2.70. The maximum atomic E-state index is 13.7. The number of hydrogen-bond acceptors (Lipinski definition) is 2. The zero-order valence-corrected chi connectivity index (χ0v) is 18.3. The summed E-state index contributed by atoms with van der Waals surface area (Å²) in [7, 11) is 4.24. The Morgan fingerprint density at radius 2 is 1.77 bits per heavy atom. The molecule has 0 radical (unpaired) electrons. The Bertz CT molecular complexity index is 849. The van der Waals surface area contributed by atoms with Crippen LogP contribution in [0.5, 0.6) is 0 Å². The molecule has 1 N–H and O–H groups in total. The largest absolute Gasteiger partial charge is 0.352 e. The summed E-state index contributed by atoms with van der Waals surface area (Å²) in [4.78, 5) is 14.4. The van der Waals surface area contributed by atoms with Gasteiger partial charge in [0.05, 0.1) is 5.56 Å². The molecule has 0 aliphatic heterocycles. The summed E-state index contributed by atoms with van der Waals surface area (Å²) in [6, 6.07) is 11.5. The van der Waals surface area contributed by atoms with E-state index in [0.29, 0.717) is 24.4 Å². The van der Waals surface area contributed by atoms with Crippen LogP contribution in [0.15, 0.2) is 42.5 Å². The van der Waals surface area contributed by atoms with Crippen molar-refractivity contribution in [2.45, 2.75) is 38.1 Å². The van der Waals surface area contributed by atoms with Gasteiger partial charge in [-0.05, 0) is 75.0 Å². The lowest BCUT2D eigenvalue weighted by atomic mass is 9.75. The van der Waals surface area contributed by atoms with Crippen molar-refractivity contribution in [3.05, 3.63) is 70.2 Å². The van der Waals surface area contributed by atoms with Crippen molar-refractivity contribution in [1.82, 2.24) is 10.2 Å². The van der Waals surface area contributed by atoms with Crippen LogP contribution in [-0.4, -0.2) is 31.4 Å². The van der Waals surface area contributed by atoms with E-state index in [4.69, 9.17) is 11.6 Å². The van der Waals surface area contributed by atoms with Crippen LogP contribution in [0.4, 0.5) is 8.78 Å². The average molecular weight is 435 g/mol. The first-order valence-electron chi connectivity index (χ1n) is 10.5. The van der Waals surface area contributed by atoms with Crippen LogP contribution in [0, 0.1) is 23.5 Å². The lowest BCUT2D eigenvalue weighted by Crippen LogP contribution is -2.31. The molecule has 0 saturated heterocycles. The molecule has 3 nitrogen and oxygen atoms in total. The van der Waals surface area contributed by atoms with Crippen molar-refractivity contribution >= 4 is 17.5 Å². The number of benzene rings is 2. The summed E-state index contributed by atoms with van der Waals surface area (Å²) in [5.74, 6) is -0.870. The molecule has 0 bridgehead atoms. The van der Waals surface area contributed by atoms with E-state index in [0.717, 1.165) is 49.3 Å². The van der Waals surface area contributed by atoms with Crippen molar-refractivity contribution in [1.29, 1.82) is 0 Å². The third-order valence-corrected chi connectivity index (χ3v) is 6.37. The molecule has 1 unspecified atom stereocenters. The molecule has 1 aliphatic rings. The first kappa shape index (κ1) is 22.7. The Kier molecular flexibility index (Phi) is 7.84. The van der Waals surface area contributed by atoms with Gasteiger partial charge in [-0.1, -0.05) is 36.6 Å². The highest BCUT2D eigenvalue weighted by molar-refractivity contribution is 6.30. The molecule has 3 rings (SSSR count). The lowest BCUT2D eigenvalue weighted by molar-refractivity contribution is 0.0943. The highest BCUT2D eigenvalue weighted by atomic mass is 35.5. The molecule has 1 aliphatic carbocycles. The summed E-state index contributed by atoms with van der Waals surface area (Å²) in [5, 5.41) is 3.52. The number of carbonyl (C=O) groups excluding carboxylic acids is 1. The molecule has 1 atom stereocenters. The summed E-state index contributed by atoms with van der Waals surface area (Å²) in [5.41, 5.74) is 1.18. The number of amides is 1. The number of rotatable bonds is 7. The maximum absolute atomic E-state index is 13.7. The van der Waals surface area contributed by atoms with E-state index in [1.165, 1.54) is 11.6 Å². The molecule has 2 aromatic carbocycles. The van der Waals surface area contributed by atoms with Crippen LogP contribution in [0.1, 0.15) is 54.1 Å². The molecule has 2 aromatic rings. The highest BCUT2D eigenvalue weighted by Gasteiger charge is 2.30. The quantitative estimate of drug-likeness (QED) is 0.593. The van der Waals surface area contributed by atoms with Crippen molar-refractivity contribution in [3.8, 4) is 0 Å². The van der Waals surface area contributed by atoms with E-state index in [1.807, 2.05) is 12.1 Å². The second kappa shape index (κ2) is 10.4. The second-order valence-corrected chi connectivity index (χ2v) is 8.85. The molecule has 0 spiro atoms. The van der Waals surface area contributed by atoms with Crippen LogP contribution in [-0.2, 0) is 0 Å².